The predicted molar refractivity (Wildman–Crippen MR) is 59.2 cm³/mol. The van der Waals surface area contributed by atoms with E-state index < -0.39 is 0 Å². The van der Waals surface area contributed by atoms with Crippen LogP contribution in [-0.4, -0.2) is 17.9 Å². The van der Waals surface area contributed by atoms with Gasteiger partial charge in [0.1, 0.15) is 0 Å². The van der Waals surface area contributed by atoms with Crippen LogP contribution in [0.25, 0.3) is 0 Å². The third-order valence-corrected chi connectivity index (χ3v) is 3.45. The van der Waals surface area contributed by atoms with E-state index in [0.717, 1.165) is 10.0 Å². The van der Waals surface area contributed by atoms with Gasteiger partial charge in [0.2, 0.25) is 0 Å². The molecule has 0 N–H and O–H groups in total. The summed E-state index contributed by atoms with van der Waals surface area (Å²) in [6, 6.07) is 3.69. The van der Waals surface area contributed by atoms with E-state index in [1.165, 1.54) is 22.7 Å². The maximum absolute atomic E-state index is 11.8. The van der Waals surface area contributed by atoms with Crippen molar-refractivity contribution in [1.29, 1.82) is 0 Å². The summed E-state index contributed by atoms with van der Waals surface area (Å²) in [5.74, 6) is -0.00468. The van der Waals surface area contributed by atoms with Gasteiger partial charge in [-0.2, -0.15) is 0 Å². The zero-order chi connectivity index (χ0) is 9.97. The maximum atomic E-state index is 11.8. The molecule has 0 aliphatic rings. The second kappa shape index (κ2) is 3.89. The van der Waals surface area contributed by atoms with E-state index in [4.69, 9.17) is 0 Å². The first kappa shape index (κ1) is 9.36. The Morgan fingerprint density at radius 1 is 1.43 bits per heavy atom. The van der Waals surface area contributed by atoms with Gasteiger partial charge in [0.05, 0.1) is 4.88 Å². The molecule has 0 saturated heterocycles. The van der Waals surface area contributed by atoms with E-state index in [0.29, 0.717) is 0 Å². The van der Waals surface area contributed by atoms with Crippen molar-refractivity contribution in [2.75, 3.05) is 11.9 Å². The number of hydrogen-bond acceptors (Lipinski definition) is 4. The molecule has 0 radical (unpaired) electrons. The molecule has 72 valence electrons. The molecule has 14 heavy (non-hydrogen) atoms. The summed E-state index contributed by atoms with van der Waals surface area (Å²) in [7, 11) is 1.74. The van der Waals surface area contributed by atoms with Gasteiger partial charge >= 0.3 is 0 Å². The molecule has 0 bridgehead atoms. The quantitative estimate of drug-likeness (QED) is 0.785. The summed E-state index contributed by atoms with van der Waals surface area (Å²) in [6.07, 6.45) is 1.69. The van der Waals surface area contributed by atoms with E-state index in [2.05, 4.69) is 4.98 Å². The molecule has 3 nitrogen and oxygen atoms in total. The van der Waals surface area contributed by atoms with Crippen molar-refractivity contribution in [3.63, 3.8) is 0 Å². The van der Waals surface area contributed by atoms with Crippen LogP contribution in [0.15, 0.2) is 29.1 Å². The Labute approximate surface area is 89.6 Å². The summed E-state index contributed by atoms with van der Waals surface area (Å²) < 4.78 is 0. The largest absolute Gasteiger partial charge is 0.286 e. The lowest BCUT2D eigenvalue weighted by atomic mass is 10.4. The first-order valence-electron chi connectivity index (χ1n) is 4.00. The second-order valence-corrected chi connectivity index (χ2v) is 4.48. The minimum absolute atomic E-state index is 0.00468. The molecule has 1 amide bonds. The molecule has 2 heterocycles. The molecule has 2 aromatic rings. The first-order valence-corrected chi connectivity index (χ1v) is 5.76. The van der Waals surface area contributed by atoms with Gasteiger partial charge in [-0.1, -0.05) is 6.07 Å². The van der Waals surface area contributed by atoms with Crippen molar-refractivity contribution in [3.05, 3.63) is 34.0 Å². The molecule has 0 unspecified atom stereocenters. The van der Waals surface area contributed by atoms with Crippen molar-refractivity contribution in [3.8, 4) is 0 Å². The van der Waals surface area contributed by atoms with E-state index in [9.17, 15) is 4.79 Å². The molecule has 0 saturated carbocycles. The third-order valence-electron chi connectivity index (χ3n) is 1.74. The highest BCUT2D eigenvalue weighted by Crippen LogP contribution is 2.19. The molecular weight excluding hydrogens is 216 g/mol. The maximum Gasteiger partial charge on any atom is 0.269 e. The van der Waals surface area contributed by atoms with Crippen molar-refractivity contribution in [2.45, 2.75) is 0 Å². The lowest BCUT2D eigenvalue weighted by Gasteiger charge is -2.11. The minimum Gasteiger partial charge on any atom is -0.286 e. The van der Waals surface area contributed by atoms with E-state index in [1.54, 1.807) is 18.1 Å². The Balaban J connectivity index is 2.21. The molecule has 0 aliphatic carbocycles. The van der Waals surface area contributed by atoms with Crippen LogP contribution in [0.4, 0.5) is 5.13 Å². The summed E-state index contributed by atoms with van der Waals surface area (Å²) in [5, 5.41) is 4.47. The smallest absolute Gasteiger partial charge is 0.269 e. The Morgan fingerprint density at radius 2 is 2.29 bits per heavy atom. The van der Waals surface area contributed by atoms with E-state index in [1.807, 2.05) is 22.9 Å². The number of anilines is 1. The topological polar surface area (TPSA) is 33.2 Å². The molecule has 0 spiro atoms. The highest BCUT2D eigenvalue weighted by Gasteiger charge is 2.15. The van der Waals surface area contributed by atoms with Gasteiger partial charge in [-0.15, -0.1) is 22.7 Å². The van der Waals surface area contributed by atoms with E-state index in [-0.39, 0.29) is 5.91 Å². The van der Waals surface area contributed by atoms with Gasteiger partial charge < -0.3 is 0 Å². The minimum atomic E-state index is -0.00468. The number of amides is 1. The van der Waals surface area contributed by atoms with Gasteiger partial charge in [0.15, 0.2) is 5.13 Å². The molecular formula is C9H8N2OS2. The van der Waals surface area contributed by atoms with Crippen LogP contribution in [-0.2, 0) is 0 Å². The van der Waals surface area contributed by atoms with Crippen LogP contribution >= 0.6 is 22.7 Å². The average molecular weight is 224 g/mol. The number of hydrogen-bond donors (Lipinski definition) is 0. The van der Waals surface area contributed by atoms with E-state index >= 15 is 0 Å². The SMILES string of the molecule is CN(C(=O)c1cccs1)c1nccs1. The van der Waals surface area contributed by atoms with Crippen LogP contribution < -0.4 is 4.90 Å². The van der Waals surface area contributed by atoms with Crippen molar-refractivity contribution in [1.82, 2.24) is 4.98 Å². The van der Waals surface area contributed by atoms with Crippen molar-refractivity contribution < 1.29 is 4.79 Å². The van der Waals surface area contributed by atoms with Gasteiger partial charge in [0.25, 0.3) is 5.91 Å². The number of nitrogens with zero attached hydrogens (tertiary/aromatic N) is 2. The van der Waals surface area contributed by atoms with Gasteiger partial charge in [-0.05, 0) is 11.4 Å². The summed E-state index contributed by atoms with van der Waals surface area (Å²) in [6.45, 7) is 0. The highest BCUT2D eigenvalue weighted by atomic mass is 32.1. The first-order chi connectivity index (χ1) is 6.79. The number of rotatable bonds is 2. The molecule has 0 aliphatic heterocycles. The number of thiazole rings is 1. The summed E-state index contributed by atoms with van der Waals surface area (Å²) in [5.41, 5.74) is 0. The number of aromatic nitrogens is 1. The van der Waals surface area contributed by atoms with Crippen LogP contribution in [0.1, 0.15) is 9.67 Å². The highest BCUT2D eigenvalue weighted by molar-refractivity contribution is 7.14. The number of carbonyl (C=O) groups excluding carboxylic acids is 1. The standard InChI is InChI=1S/C9H8N2OS2/c1-11(9-10-4-6-14-9)8(12)7-3-2-5-13-7/h2-6H,1H3. The molecule has 2 aromatic heterocycles. The fourth-order valence-corrected chi connectivity index (χ4v) is 2.34. The Bertz CT molecular complexity index is 408. The summed E-state index contributed by atoms with van der Waals surface area (Å²) >= 11 is 2.90. The number of thiophene rings is 1. The lowest BCUT2D eigenvalue weighted by molar-refractivity contribution is 0.0997. The zero-order valence-corrected chi connectivity index (χ0v) is 9.14. The predicted octanol–water partition coefficient (Wildman–Crippen LogP) is 2.48. The molecule has 0 atom stereocenters. The Hall–Kier alpha value is -1.20. The fraction of sp³-hybridized carbons (Fsp3) is 0.111. The zero-order valence-electron chi connectivity index (χ0n) is 7.51. The fourth-order valence-electron chi connectivity index (χ4n) is 1.03. The van der Waals surface area contributed by atoms with Crippen molar-refractivity contribution >= 4 is 33.7 Å². The number of carbonyl (C=O) groups is 1. The van der Waals surface area contributed by atoms with Crippen LogP contribution in [0.3, 0.4) is 0 Å². The molecule has 0 aromatic carbocycles. The van der Waals surface area contributed by atoms with Crippen LogP contribution in [0, 0.1) is 0 Å². The van der Waals surface area contributed by atoms with Gasteiger partial charge in [-0.3, -0.25) is 9.69 Å². The third kappa shape index (κ3) is 1.69. The van der Waals surface area contributed by atoms with Crippen molar-refractivity contribution in [2.24, 2.45) is 0 Å². The average Bonchev–Trinajstić information content (AvgIpc) is 2.87. The molecule has 2 rings (SSSR count). The van der Waals surface area contributed by atoms with Crippen LogP contribution in [0.2, 0.25) is 0 Å². The normalized spacial score (nSPS) is 10.1. The summed E-state index contributed by atoms with van der Waals surface area (Å²) in [4.78, 5) is 18.2. The molecule has 0 fully saturated rings. The molecule has 5 heteroatoms. The Morgan fingerprint density at radius 3 is 2.86 bits per heavy atom. The van der Waals surface area contributed by atoms with Gasteiger partial charge in [-0.25, -0.2) is 4.98 Å². The Kier molecular flexibility index (Phi) is 2.60. The second-order valence-electron chi connectivity index (χ2n) is 2.66. The lowest BCUT2D eigenvalue weighted by Crippen LogP contribution is -2.25. The monoisotopic (exact) mass is 224 g/mol. The van der Waals surface area contributed by atoms with Gasteiger partial charge in [0, 0.05) is 18.6 Å². The van der Waals surface area contributed by atoms with Crippen LogP contribution in [0.5, 0.6) is 0 Å².